The van der Waals surface area contributed by atoms with Crippen LogP contribution in [0.5, 0.6) is 0 Å². The van der Waals surface area contributed by atoms with Crippen molar-refractivity contribution < 1.29 is 18.7 Å². The third kappa shape index (κ3) is 4.93. The van der Waals surface area contributed by atoms with E-state index in [4.69, 9.17) is 16.3 Å². The number of aromatic nitrogens is 1. The maximum atomic E-state index is 14.0. The molecular formula is C22H18ClFN2O4. The van der Waals surface area contributed by atoms with Crippen LogP contribution < -0.4 is 10.9 Å². The van der Waals surface area contributed by atoms with Gasteiger partial charge in [-0.05, 0) is 49.4 Å². The van der Waals surface area contributed by atoms with E-state index in [1.807, 2.05) is 0 Å². The standard InChI is InChI=1S/C22H18ClFN2O4/c1-2-30-22(29)14-6-9-16(10-7-14)25-21(28)15-8-11-20(27)26(12-15)13-17-18(23)4-3-5-19(17)24/h3-12H,2,13H2,1H3,(H,25,28). The molecular weight excluding hydrogens is 411 g/mol. The Bertz CT molecular complexity index is 1120. The number of rotatable bonds is 6. The summed E-state index contributed by atoms with van der Waals surface area (Å²) in [5.74, 6) is -1.45. The van der Waals surface area contributed by atoms with E-state index in [2.05, 4.69) is 5.32 Å². The fourth-order valence-corrected chi connectivity index (χ4v) is 2.97. The van der Waals surface area contributed by atoms with Crippen molar-refractivity contribution in [2.75, 3.05) is 11.9 Å². The van der Waals surface area contributed by atoms with E-state index < -0.39 is 23.3 Å². The minimum atomic E-state index is -0.536. The third-order valence-electron chi connectivity index (χ3n) is 4.29. The molecule has 0 saturated heterocycles. The molecule has 30 heavy (non-hydrogen) atoms. The van der Waals surface area contributed by atoms with Crippen molar-refractivity contribution in [1.82, 2.24) is 4.57 Å². The molecule has 0 spiro atoms. The number of benzene rings is 2. The highest BCUT2D eigenvalue weighted by atomic mass is 35.5. The van der Waals surface area contributed by atoms with E-state index in [9.17, 15) is 18.8 Å². The van der Waals surface area contributed by atoms with Gasteiger partial charge in [-0.25, -0.2) is 9.18 Å². The van der Waals surface area contributed by atoms with Crippen molar-refractivity contribution >= 4 is 29.2 Å². The maximum absolute atomic E-state index is 14.0. The molecule has 0 atom stereocenters. The number of hydrogen-bond acceptors (Lipinski definition) is 4. The van der Waals surface area contributed by atoms with Gasteiger partial charge in [0.2, 0.25) is 0 Å². The van der Waals surface area contributed by atoms with Crippen LogP contribution in [0.3, 0.4) is 0 Å². The first-order valence-electron chi connectivity index (χ1n) is 9.11. The van der Waals surface area contributed by atoms with Crippen LogP contribution >= 0.6 is 11.6 Å². The zero-order valence-electron chi connectivity index (χ0n) is 16.0. The van der Waals surface area contributed by atoms with E-state index in [0.29, 0.717) is 11.3 Å². The molecule has 1 heterocycles. The van der Waals surface area contributed by atoms with Crippen LogP contribution in [0.15, 0.2) is 65.6 Å². The van der Waals surface area contributed by atoms with Crippen LogP contribution in [0.4, 0.5) is 10.1 Å². The zero-order chi connectivity index (χ0) is 21.7. The molecule has 8 heteroatoms. The van der Waals surface area contributed by atoms with Crippen molar-refractivity contribution in [1.29, 1.82) is 0 Å². The first kappa shape index (κ1) is 21.3. The highest BCUT2D eigenvalue weighted by molar-refractivity contribution is 6.31. The van der Waals surface area contributed by atoms with E-state index in [-0.39, 0.29) is 29.3 Å². The average Bonchev–Trinajstić information content (AvgIpc) is 2.72. The largest absolute Gasteiger partial charge is 0.462 e. The summed E-state index contributed by atoms with van der Waals surface area (Å²) in [6.45, 7) is 1.87. The number of esters is 1. The number of carbonyl (C=O) groups is 2. The Kier molecular flexibility index (Phi) is 6.64. The molecule has 0 unspecified atom stereocenters. The van der Waals surface area contributed by atoms with E-state index in [1.165, 1.54) is 53.2 Å². The number of halogens is 2. The normalized spacial score (nSPS) is 10.5. The van der Waals surface area contributed by atoms with Crippen LogP contribution in [0, 0.1) is 5.82 Å². The molecule has 3 aromatic rings. The fraction of sp³-hybridized carbons (Fsp3) is 0.136. The van der Waals surface area contributed by atoms with Gasteiger partial charge in [-0.15, -0.1) is 0 Å². The number of anilines is 1. The van der Waals surface area contributed by atoms with Crippen molar-refractivity contribution in [3.05, 3.63) is 98.7 Å². The first-order chi connectivity index (χ1) is 14.4. The van der Waals surface area contributed by atoms with Gasteiger partial charge < -0.3 is 14.6 Å². The Morgan fingerprint density at radius 1 is 1.07 bits per heavy atom. The molecule has 0 fully saturated rings. The molecule has 0 bridgehead atoms. The lowest BCUT2D eigenvalue weighted by Gasteiger charge is -2.11. The second-order valence-electron chi connectivity index (χ2n) is 6.34. The van der Waals surface area contributed by atoms with Crippen LogP contribution in [-0.4, -0.2) is 23.1 Å². The lowest BCUT2D eigenvalue weighted by Crippen LogP contribution is -2.23. The van der Waals surface area contributed by atoms with E-state index in [1.54, 1.807) is 19.1 Å². The third-order valence-corrected chi connectivity index (χ3v) is 4.64. The lowest BCUT2D eigenvalue weighted by atomic mass is 10.2. The van der Waals surface area contributed by atoms with Gasteiger partial charge in [0.25, 0.3) is 11.5 Å². The number of pyridine rings is 1. The maximum Gasteiger partial charge on any atom is 0.338 e. The Labute approximate surface area is 176 Å². The average molecular weight is 429 g/mol. The Morgan fingerprint density at radius 3 is 2.43 bits per heavy atom. The molecule has 2 aromatic carbocycles. The molecule has 0 radical (unpaired) electrons. The quantitative estimate of drug-likeness (QED) is 0.599. The Balaban J connectivity index is 1.78. The highest BCUT2D eigenvalue weighted by Gasteiger charge is 2.13. The van der Waals surface area contributed by atoms with Crippen LogP contribution in [0.2, 0.25) is 5.02 Å². The number of amides is 1. The Morgan fingerprint density at radius 2 is 1.77 bits per heavy atom. The molecule has 0 aliphatic heterocycles. The van der Waals surface area contributed by atoms with Gasteiger partial charge >= 0.3 is 5.97 Å². The second-order valence-corrected chi connectivity index (χ2v) is 6.74. The molecule has 1 N–H and O–H groups in total. The highest BCUT2D eigenvalue weighted by Crippen LogP contribution is 2.20. The van der Waals surface area contributed by atoms with Crippen molar-refractivity contribution in [3.63, 3.8) is 0 Å². The molecule has 1 aromatic heterocycles. The number of carbonyl (C=O) groups excluding carboxylic acids is 2. The minimum absolute atomic E-state index is 0.111. The predicted octanol–water partition coefficient (Wildman–Crippen LogP) is 4.12. The molecule has 0 saturated carbocycles. The van der Waals surface area contributed by atoms with Crippen molar-refractivity contribution in [2.45, 2.75) is 13.5 Å². The van der Waals surface area contributed by atoms with Crippen LogP contribution in [0.25, 0.3) is 0 Å². The molecule has 1 amide bonds. The Hall–Kier alpha value is -3.45. The summed E-state index contributed by atoms with van der Waals surface area (Å²) >= 11 is 6.03. The van der Waals surface area contributed by atoms with Gasteiger partial charge in [0, 0.05) is 28.5 Å². The summed E-state index contributed by atoms with van der Waals surface area (Å²) in [4.78, 5) is 36.4. The first-order valence-corrected chi connectivity index (χ1v) is 9.48. The van der Waals surface area contributed by atoms with Gasteiger partial charge in [0.15, 0.2) is 0 Å². The molecule has 6 nitrogen and oxygen atoms in total. The lowest BCUT2D eigenvalue weighted by molar-refractivity contribution is 0.0526. The monoisotopic (exact) mass is 428 g/mol. The van der Waals surface area contributed by atoms with Crippen LogP contribution in [0.1, 0.15) is 33.2 Å². The number of nitrogens with one attached hydrogen (secondary N) is 1. The second kappa shape index (κ2) is 9.37. The predicted molar refractivity (Wildman–Crippen MR) is 112 cm³/mol. The van der Waals surface area contributed by atoms with E-state index in [0.717, 1.165) is 0 Å². The summed E-state index contributed by atoms with van der Waals surface area (Å²) < 4.78 is 20.2. The van der Waals surface area contributed by atoms with Gasteiger partial charge in [0.05, 0.1) is 24.3 Å². The van der Waals surface area contributed by atoms with Gasteiger partial charge in [-0.2, -0.15) is 0 Å². The minimum Gasteiger partial charge on any atom is -0.462 e. The van der Waals surface area contributed by atoms with Crippen molar-refractivity contribution in [2.24, 2.45) is 0 Å². The van der Waals surface area contributed by atoms with E-state index >= 15 is 0 Å². The van der Waals surface area contributed by atoms with Crippen LogP contribution in [-0.2, 0) is 11.3 Å². The number of hydrogen-bond donors (Lipinski definition) is 1. The van der Waals surface area contributed by atoms with Crippen molar-refractivity contribution in [3.8, 4) is 0 Å². The number of nitrogens with zero attached hydrogens (tertiary/aromatic N) is 1. The molecule has 0 aliphatic rings. The fourth-order valence-electron chi connectivity index (χ4n) is 2.75. The summed E-state index contributed by atoms with van der Waals surface area (Å²) in [5, 5.41) is 2.88. The topological polar surface area (TPSA) is 77.4 Å². The summed E-state index contributed by atoms with van der Waals surface area (Å²) in [7, 11) is 0. The zero-order valence-corrected chi connectivity index (χ0v) is 16.8. The molecule has 0 aliphatic carbocycles. The molecule has 154 valence electrons. The van der Waals surface area contributed by atoms with Gasteiger partial charge in [-0.3, -0.25) is 9.59 Å². The summed E-state index contributed by atoms with van der Waals surface area (Å²) in [5.41, 5.74) is 0.794. The number of ether oxygens (including phenoxy) is 1. The molecule has 3 rings (SSSR count). The SMILES string of the molecule is CCOC(=O)c1ccc(NC(=O)c2ccc(=O)n(Cc3c(F)cccc3Cl)c2)cc1. The summed E-state index contributed by atoms with van der Waals surface area (Å²) in [6.07, 6.45) is 1.34. The summed E-state index contributed by atoms with van der Waals surface area (Å²) in [6, 6.07) is 13.1. The van der Waals surface area contributed by atoms with Gasteiger partial charge in [0.1, 0.15) is 5.82 Å². The smallest absolute Gasteiger partial charge is 0.338 e. The van der Waals surface area contributed by atoms with Gasteiger partial charge in [-0.1, -0.05) is 17.7 Å².